The number of benzene rings is 2. The molecule has 1 aliphatic carbocycles. The standard InChI is InChI=1S/C21H24N2O2/c1-22(13-15-10-11-16-6-2-3-7-17(16)12-15)14-23-20(24)18-8-4-5-9-19(18)21(23)25/h2-3,6-7,10-12,18-19H,4-5,8-9,13-14H2,1H3/t18-,19+. The second kappa shape index (κ2) is 6.60. The van der Waals surface area contributed by atoms with Gasteiger partial charge in [0, 0.05) is 6.54 Å². The maximum absolute atomic E-state index is 12.6. The van der Waals surface area contributed by atoms with Gasteiger partial charge in [-0.3, -0.25) is 19.4 Å². The number of fused-ring (bicyclic) bond motifs is 2. The van der Waals surface area contributed by atoms with E-state index in [1.54, 1.807) is 0 Å². The number of amides is 2. The van der Waals surface area contributed by atoms with E-state index in [0.717, 1.165) is 32.2 Å². The number of imide groups is 1. The lowest BCUT2D eigenvalue weighted by atomic mass is 9.81. The molecule has 0 bridgehead atoms. The van der Waals surface area contributed by atoms with Crippen LogP contribution < -0.4 is 0 Å². The van der Waals surface area contributed by atoms with Crippen LogP contribution in [-0.2, 0) is 16.1 Å². The van der Waals surface area contributed by atoms with Crippen molar-refractivity contribution < 1.29 is 9.59 Å². The fourth-order valence-corrected chi connectivity index (χ4v) is 4.31. The smallest absolute Gasteiger partial charge is 0.234 e. The van der Waals surface area contributed by atoms with Crippen molar-refractivity contribution in [3.8, 4) is 0 Å². The van der Waals surface area contributed by atoms with Gasteiger partial charge in [-0.2, -0.15) is 0 Å². The molecule has 2 aromatic rings. The van der Waals surface area contributed by atoms with Crippen molar-refractivity contribution >= 4 is 22.6 Å². The Kier molecular flexibility index (Phi) is 4.30. The number of hydrogen-bond donors (Lipinski definition) is 0. The molecule has 0 aromatic heterocycles. The number of carbonyl (C=O) groups excluding carboxylic acids is 2. The fraction of sp³-hybridized carbons (Fsp3) is 0.429. The molecule has 4 heteroatoms. The lowest BCUT2D eigenvalue weighted by Gasteiger charge is -2.23. The van der Waals surface area contributed by atoms with Crippen molar-refractivity contribution in [2.75, 3.05) is 13.7 Å². The molecule has 4 rings (SSSR count). The Balaban J connectivity index is 1.45. The van der Waals surface area contributed by atoms with Crippen molar-refractivity contribution in [1.82, 2.24) is 9.80 Å². The number of nitrogens with zero attached hydrogens (tertiary/aromatic N) is 2. The summed E-state index contributed by atoms with van der Waals surface area (Å²) in [5.74, 6) is -0.0363. The van der Waals surface area contributed by atoms with Crippen molar-refractivity contribution in [1.29, 1.82) is 0 Å². The zero-order valence-corrected chi connectivity index (χ0v) is 14.6. The van der Waals surface area contributed by atoms with E-state index in [0.29, 0.717) is 6.67 Å². The summed E-state index contributed by atoms with van der Waals surface area (Å²) in [6, 6.07) is 14.7. The highest BCUT2D eigenvalue weighted by atomic mass is 16.2. The van der Waals surface area contributed by atoms with E-state index in [4.69, 9.17) is 0 Å². The van der Waals surface area contributed by atoms with Crippen LogP contribution in [0.15, 0.2) is 42.5 Å². The summed E-state index contributed by atoms with van der Waals surface area (Å²) in [6.45, 7) is 1.11. The van der Waals surface area contributed by atoms with E-state index in [1.807, 2.05) is 19.2 Å². The molecule has 1 saturated carbocycles. The van der Waals surface area contributed by atoms with E-state index < -0.39 is 0 Å². The number of likely N-dealkylation sites (tertiary alicyclic amines) is 1. The SMILES string of the molecule is CN(Cc1ccc2ccccc2c1)CN1C(=O)[C@H]2CCCC[C@H]2C1=O. The molecule has 0 radical (unpaired) electrons. The third kappa shape index (κ3) is 3.07. The minimum atomic E-state index is -0.0599. The third-order valence-corrected chi connectivity index (χ3v) is 5.58. The first-order valence-corrected chi connectivity index (χ1v) is 9.15. The average Bonchev–Trinajstić information content (AvgIpc) is 2.87. The summed E-state index contributed by atoms with van der Waals surface area (Å²) >= 11 is 0. The van der Waals surface area contributed by atoms with Crippen LogP contribution in [0.5, 0.6) is 0 Å². The molecule has 130 valence electrons. The molecule has 0 unspecified atom stereocenters. The van der Waals surface area contributed by atoms with Crippen LogP contribution in [0.3, 0.4) is 0 Å². The van der Waals surface area contributed by atoms with Crippen molar-refractivity contribution in [2.24, 2.45) is 11.8 Å². The first kappa shape index (κ1) is 16.3. The first-order chi connectivity index (χ1) is 12.1. The number of carbonyl (C=O) groups is 2. The molecule has 4 nitrogen and oxygen atoms in total. The molecule has 0 N–H and O–H groups in total. The van der Waals surface area contributed by atoms with Gasteiger partial charge in [-0.25, -0.2) is 0 Å². The van der Waals surface area contributed by atoms with Gasteiger partial charge in [-0.05, 0) is 42.3 Å². The van der Waals surface area contributed by atoms with Crippen LogP contribution in [0.1, 0.15) is 31.2 Å². The van der Waals surface area contributed by atoms with Crippen LogP contribution in [0.25, 0.3) is 10.8 Å². The topological polar surface area (TPSA) is 40.6 Å². The molecule has 2 amide bonds. The molecule has 1 heterocycles. The van der Waals surface area contributed by atoms with E-state index in [-0.39, 0.29) is 23.7 Å². The summed E-state index contributed by atoms with van der Waals surface area (Å²) in [5.41, 5.74) is 1.19. The summed E-state index contributed by atoms with van der Waals surface area (Å²) in [7, 11) is 1.97. The van der Waals surface area contributed by atoms with E-state index in [1.165, 1.54) is 21.2 Å². The maximum Gasteiger partial charge on any atom is 0.234 e. The van der Waals surface area contributed by atoms with E-state index >= 15 is 0 Å². The largest absolute Gasteiger partial charge is 0.284 e. The molecular formula is C21H24N2O2. The molecule has 1 aliphatic heterocycles. The fourth-order valence-electron chi connectivity index (χ4n) is 4.31. The highest BCUT2D eigenvalue weighted by molar-refractivity contribution is 6.05. The molecule has 2 aromatic carbocycles. The van der Waals surface area contributed by atoms with Gasteiger partial charge in [0.25, 0.3) is 0 Å². The second-order valence-corrected chi connectivity index (χ2v) is 7.44. The highest BCUT2D eigenvalue weighted by Gasteiger charge is 2.48. The molecule has 25 heavy (non-hydrogen) atoms. The van der Waals surface area contributed by atoms with Crippen LogP contribution in [0.4, 0.5) is 0 Å². The quantitative estimate of drug-likeness (QED) is 0.804. The maximum atomic E-state index is 12.6. The molecule has 2 atom stereocenters. The lowest BCUT2D eigenvalue weighted by Crippen LogP contribution is -2.40. The monoisotopic (exact) mass is 336 g/mol. The van der Waals surface area contributed by atoms with Gasteiger partial charge in [0.2, 0.25) is 11.8 Å². The third-order valence-electron chi connectivity index (χ3n) is 5.58. The lowest BCUT2D eigenvalue weighted by molar-refractivity contribution is -0.142. The number of hydrogen-bond acceptors (Lipinski definition) is 3. The Hall–Kier alpha value is -2.20. The van der Waals surface area contributed by atoms with E-state index in [9.17, 15) is 9.59 Å². The van der Waals surface area contributed by atoms with Gasteiger partial charge in [-0.15, -0.1) is 0 Å². The Labute approximate surface area is 148 Å². The van der Waals surface area contributed by atoms with Gasteiger partial charge in [0.05, 0.1) is 18.5 Å². The summed E-state index contributed by atoms with van der Waals surface area (Å²) in [4.78, 5) is 28.7. The molecule has 2 aliphatic rings. The van der Waals surface area contributed by atoms with Gasteiger partial charge < -0.3 is 0 Å². The van der Waals surface area contributed by atoms with Gasteiger partial charge in [0.1, 0.15) is 0 Å². The van der Waals surface area contributed by atoms with Crippen LogP contribution in [0.2, 0.25) is 0 Å². The normalized spacial score (nSPS) is 23.5. The van der Waals surface area contributed by atoms with Crippen molar-refractivity contribution in [2.45, 2.75) is 32.2 Å². The minimum Gasteiger partial charge on any atom is -0.284 e. The van der Waals surface area contributed by atoms with Crippen LogP contribution in [-0.4, -0.2) is 35.3 Å². The summed E-state index contributed by atoms with van der Waals surface area (Å²) in [6.07, 6.45) is 3.89. The van der Waals surface area contributed by atoms with Crippen molar-refractivity contribution in [3.63, 3.8) is 0 Å². The zero-order valence-electron chi connectivity index (χ0n) is 14.6. The van der Waals surface area contributed by atoms with Crippen LogP contribution in [0, 0.1) is 11.8 Å². The van der Waals surface area contributed by atoms with E-state index in [2.05, 4.69) is 35.2 Å². The molecule has 1 saturated heterocycles. The highest BCUT2D eigenvalue weighted by Crippen LogP contribution is 2.38. The Morgan fingerprint density at radius 2 is 1.60 bits per heavy atom. The van der Waals surface area contributed by atoms with Gasteiger partial charge in [-0.1, -0.05) is 49.2 Å². The first-order valence-electron chi connectivity index (χ1n) is 9.15. The van der Waals surface area contributed by atoms with Gasteiger partial charge in [0.15, 0.2) is 0 Å². The summed E-state index contributed by atoms with van der Waals surface area (Å²) in [5, 5.41) is 2.44. The molecule has 2 fully saturated rings. The Bertz CT molecular complexity index is 792. The zero-order chi connectivity index (χ0) is 17.4. The van der Waals surface area contributed by atoms with Crippen LogP contribution >= 0.6 is 0 Å². The minimum absolute atomic E-state index is 0.0417. The number of rotatable bonds is 4. The van der Waals surface area contributed by atoms with Crippen molar-refractivity contribution in [3.05, 3.63) is 48.0 Å². The molecule has 0 spiro atoms. The second-order valence-electron chi connectivity index (χ2n) is 7.44. The average molecular weight is 336 g/mol. The summed E-state index contributed by atoms with van der Waals surface area (Å²) < 4.78 is 0. The molecular weight excluding hydrogens is 312 g/mol. The Morgan fingerprint density at radius 1 is 0.960 bits per heavy atom. The van der Waals surface area contributed by atoms with Gasteiger partial charge >= 0.3 is 0 Å². The predicted molar refractivity (Wildman–Crippen MR) is 97.6 cm³/mol. The Morgan fingerprint density at radius 3 is 2.28 bits per heavy atom. The predicted octanol–water partition coefficient (Wildman–Crippen LogP) is 3.40.